The molecule has 1 fully saturated rings. The number of halogens is 2. The topological polar surface area (TPSA) is 35.6 Å². The van der Waals surface area contributed by atoms with Gasteiger partial charge in [0.05, 0.1) is 4.47 Å². The highest BCUT2D eigenvalue weighted by atomic mass is 79.9. The van der Waals surface area contributed by atoms with Crippen LogP contribution in [-0.4, -0.2) is 48.9 Å². The van der Waals surface area contributed by atoms with Crippen molar-refractivity contribution in [2.45, 2.75) is 13.1 Å². The first-order chi connectivity index (χ1) is 12.5. The van der Waals surface area contributed by atoms with Crippen molar-refractivity contribution in [1.82, 2.24) is 15.1 Å². The third kappa shape index (κ3) is 5.13. The lowest BCUT2D eigenvalue weighted by Crippen LogP contribution is -2.43. The minimum absolute atomic E-state index is 0.120. The van der Waals surface area contributed by atoms with Crippen LogP contribution < -0.4 is 5.32 Å². The van der Waals surface area contributed by atoms with Gasteiger partial charge in [-0.15, -0.1) is 0 Å². The lowest BCUT2D eigenvalue weighted by molar-refractivity contribution is 0.0950. The van der Waals surface area contributed by atoms with Gasteiger partial charge in [0.25, 0.3) is 5.91 Å². The van der Waals surface area contributed by atoms with Crippen molar-refractivity contribution < 1.29 is 9.18 Å². The van der Waals surface area contributed by atoms with Crippen LogP contribution in [0.25, 0.3) is 0 Å². The van der Waals surface area contributed by atoms with E-state index in [1.54, 1.807) is 12.1 Å². The van der Waals surface area contributed by atoms with E-state index in [1.165, 1.54) is 6.07 Å². The number of hydrogen-bond acceptors (Lipinski definition) is 3. The predicted molar refractivity (Wildman–Crippen MR) is 104 cm³/mol. The number of piperazine rings is 1. The molecule has 26 heavy (non-hydrogen) atoms. The molecule has 6 heteroatoms. The van der Waals surface area contributed by atoms with E-state index < -0.39 is 0 Å². The summed E-state index contributed by atoms with van der Waals surface area (Å²) in [5.74, 6) is -0.428. The maximum absolute atomic E-state index is 13.3. The molecule has 0 saturated carbocycles. The van der Waals surface area contributed by atoms with Gasteiger partial charge in [0.1, 0.15) is 5.82 Å². The van der Waals surface area contributed by atoms with E-state index in [0.29, 0.717) is 16.6 Å². The first-order valence-electron chi connectivity index (χ1n) is 8.73. The van der Waals surface area contributed by atoms with Crippen LogP contribution in [0.15, 0.2) is 46.9 Å². The summed E-state index contributed by atoms with van der Waals surface area (Å²) >= 11 is 3.16. The molecule has 1 saturated heterocycles. The Kier molecular flexibility index (Phi) is 6.40. The van der Waals surface area contributed by atoms with Gasteiger partial charge in [-0.1, -0.05) is 18.2 Å². The molecule has 0 aliphatic carbocycles. The molecular weight excluding hydrogens is 397 g/mol. The maximum Gasteiger partial charge on any atom is 0.251 e. The van der Waals surface area contributed by atoms with Crippen molar-refractivity contribution in [2.24, 2.45) is 0 Å². The third-order valence-electron chi connectivity index (χ3n) is 4.63. The van der Waals surface area contributed by atoms with Crippen LogP contribution in [0.2, 0.25) is 0 Å². The predicted octanol–water partition coefficient (Wildman–Crippen LogP) is 3.27. The Balaban J connectivity index is 1.58. The van der Waals surface area contributed by atoms with Gasteiger partial charge in [0, 0.05) is 44.8 Å². The zero-order valence-corrected chi connectivity index (χ0v) is 16.4. The Morgan fingerprint density at radius 3 is 2.62 bits per heavy atom. The minimum atomic E-state index is -0.309. The molecular formula is C20H23BrFN3O. The van der Waals surface area contributed by atoms with Gasteiger partial charge in [-0.25, -0.2) is 4.39 Å². The Morgan fingerprint density at radius 1 is 1.12 bits per heavy atom. The highest BCUT2D eigenvalue weighted by Gasteiger charge is 2.14. The Hall–Kier alpha value is -1.76. The van der Waals surface area contributed by atoms with E-state index in [4.69, 9.17) is 0 Å². The van der Waals surface area contributed by atoms with Crippen LogP contribution >= 0.6 is 15.9 Å². The zero-order valence-electron chi connectivity index (χ0n) is 14.8. The molecule has 1 heterocycles. The smallest absolute Gasteiger partial charge is 0.251 e. The van der Waals surface area contributed by atoms with E-state index in [0.717, 1.165) is 43.9 Å². The molecule has 1 aliphatic rings. The lowest BCUT2D eigenvalue weighted by atomic mass is 10.1. The molecule has 0 aromatic heterocycles. The second-order valence-electron chi connectivity index (χ2n) is 6.71. The summed E-state index contributed by atoms with van der Waals surface area (Å²) in [6.07, 6.45) is 0. The summed E-state index contributed by atoms with van der Waals surface area (Å²) in [5, 5.41) is 2.90. The number of carbonyl (C=O) groups is 1. The molecule has 0 spiro atoms. The quantitative estimate of drug-likeness (QED) is 0.807. The number of rotatable bonds is 5. The summed E-state index contributed by atoms with van der Waals surface area (Å²) in [5.41, 5.74) is 2.64. The summed E-state index contributed by atoms with van der Waals surface area (Å²) in [7, 11) is 2.14. The number of benzene rings is 2. The van der Waals surface area contributed by atoms with Gasteiger partial charge in [0.15, 0.2) is 0 Å². The number of nitrogens with zero attached hydrogens (tertiary/aromatic N) is 2. The lowest BCUT2D eigenvalue weighted by Gasteiger charge is -2.32. The van der Waals surface area contributed by atoms with E-state index in [1.807, 2.05) is 18.2 Å². The van der Waals surface area contributed by atoms with Crippen molar-refractivity contribution in [1.29, 1.82) is 0 Å². The van der Waals surface area contributed by atoms with Gasteiger partial charge in [-0.3, -0.25) is 9.69 Å². The third-order valence-corrected chi connectivity index (χ3v) is 5.24. The summed E-state index contributed by atoms with van der Waals surface area (Å²) in [4.78, 5) is 17.2. The molecule has 0 unspecified atom stereocenters. The van der Waals surface area contributed by atoms with Gasteiger partial charge in [0.2, 0.25) is 0 Å². The van der Waals surface area contributed by atoms with Crippen LogP contribution in [0, 0.1) is 5.82 Å². The summed E-state index contributed by atoms with van der Waals surface area (Å²) < 4.78 is 13.7. The number of hydrogen-bond donors (Lipinski definition) is 1. The van der Waals surface area contributed by atoms with E-state index >= 15 is 0 Å². The number of nitrogens with one attached hydrogen (secondary N) is 1. The van der Waals surface area contributed by atoms with Crippen LogP contribution in [-0.2, 0) is 13.1 Å². The molecule has 0 bridgehead atoms. The fourth-order valence-corrected chi connectivity index (χ4v) is 3.44. The van der Waals surface area contributed by atoms with Crippen molar-refractivity contribution in [3.63, 3.8) is 0 Å². The average molecular weight is 420 g/mol. The van der Waals surface area contributed by atoms with Crippen LogP contribution in [0.1, 0.15) is 21.5 Å². The normalized spacial score (nSPS) is 15.8. The van der Waals surface area contributed by atoms with Crippen LogP contribution in [0.5, 0.6) is 0 Å². The van der Waals surface area contributed by atoms with E-state index in [-0.39, 0.29) is 11.7 Å². The Morgan fingerprint density at radius 2 is 1.88 bits per heavy atom. The van der Waals surface area contributed by atoms with Gasteiger partial charge in [-0.05, 0) is 58.4 Å². The number of carbonyl (C=O) groups excluding carboxylic acids is 1. The second kappa shape index (κ2) is 8.75. The average Bonchev–Trinajstić information content (AvgIpc) is 2.64. The molecule has 4 nitrogen and oxygen atoms in total. The first kappa shape index (κ1) is 19.0. The van der Waals surface area contributed by atoms with Gasteiger partial charge >= 0.3 is 0 Å². The zero-order chi connectivity index (χ0) is 18.5. The van der Waals surface area contributed by atoms with Crippen molar-refractivity contribution in [3.8, 4) is 0 Å². The Labute approximate surface area is 162 Å². The molecule has 1 N–H and O–H groups in total. The van der Waals surface area contributed by atoms with Crippen molar-refractivity contribution in [3.05, 3.63) is 69.4 Å². The number of amides is 1. The molecule has 1 aliphatic heterocycles. The standard InChI is InChI=1S/C20H23BrFN3O/c1-24-7-9-25(10-8-24)14-16-3-2-4-17(11-16)20(26)23-13-15-5-6-19(22)18(21)12-15/h2-6,11-12H,7-10,13-14H2,1H3,(H,23,26). The van der Waals surface area contributed by atoms with Gasteiger partial charge < -0.3 is 10.2 Å². The molecule has 3 rings (SSSR count). The summed E-state index contributed by atoms with van der Waals surface area (Å²) in [6.45, 7) is 5.47. The highest BCUT2D eigenvalue weighted by Crippen LogP contribution is 2.17. The molecule has 0 atom stereocenters. The molecule has 2 aromatic rings. The van der Waals surface area contributed by atoms with E-state index in [9.17, 15) is 9.18 Å². The largest absolute Gasteiger partial charge is 0.348 e. The maximum atomic E-state index is 13.3. The molecule has 2 aromatic carbocycles. The van der Waals surface area contributed by atoms with Crippen LogP contribution in [0.4, 0.5) is 4.39 Å². The highest BCUT2D eigenvalue weighted by molar-refractivity contribution is 9.10. The molecule has 138 valence electrons. The van der Waals surface area contributed by atoms with Crippen molar-refractivity contribution >= 4 is 21.8 Å². The second-order valence-corrected chi connectivity index (χ2v) is 7.57. The molecule has 1 amide bonds. The molecule has 0 radical (unpaired) electrons. The first-order valence-corrected chi connectivity index (χ1v) is 9.52. The fourth-order valence-electron chi connectivity index (χ4n) is 3.01. The van der Waals surface area contributed by atoms with Gasteiger partial charge in [-0.2, -0.15) is 0 Å². The SMILES string of the molecule is CN1CCN(Cc2cccc(C(=O)NCc3ccc(F)c(Br)c3)c2)CC1. The minimum Gasteiger partial charge on any atom is -0.348 e. The van der Waals surface area contributed by atoms with Crippen LogP contribution in [0.3, 0.4) is 0 Å². The monoisotopic (exact) mass is 419 g/mol. The fraction of sp³-hybridized carbons (Fsp3) is 0.350. The van der Waals surface area contributed by atoms with Crippen molar-refractivity contribution in [2.75, 3.05) is 33.2 Å². The van der Waals surface area contributed by atoms with E-state index in [2.05, 4.69) is 44.2 Å². The summed E-state index contributed by atoms with van der Waals surface area (Å²) in [6, 6.07) is 12.5. The Bertz CT molecular complexity index is 775. The number of likely N-dealkylation sites (N-methyl/N-ethyl adjacent to an activating group) is 1.